The molecule has 156 valence electrons. The Morgan fingerprint density at radius 2 is 1.87 bits per heavy atom. The van der Waals surface area contributed by atoms with E-state index in [0.29, 0.717) is 22.2 Å². The molecule has 1 unspecified atom stereocenters. The molecule has 0 fully saturated rings. The summed E-state index contributed by atoms with van der Waals surface area (Å²) in [5.74, 6) is 2.17. The van der Waals surface area contributed by atoms with Crippen molar-refractivity contribution in [1.29, 1.82) is 0 Å². The summed E-state index contributed by atoms with van der Waals surface area (Å²) in [6.45, 7) is 2.08. The summed E-state index contributed by atoms with van der Waals surface area (Å²) in [5, 5.41) is 4.22. The van der Waals surface area contributed by atoms with Crippen LogP contribution in [0.3, 0.4) is 0 Å². The second-order valence-electron chi connectivity index (χ2n) is 7.65. The van der Waals surface area contributed by atoms with Gasteiger partial charge in [0.2, 0.25) is 5.88 Å². The van der Waals surface area contributed by atoms with Crippen LogP contribution < -0.4 is 19.7 Å². The van der Waals surface area contributed by atoms with E-state index in [1.807, 2.05) is 48.5 Å². The predicted octanol–water partition coefficient (Wildman–Crippen LogP) is 5.94. The number of ether oxygens (including phenoxy) is 2. The molecule has 5 rings (SSSR count). The van der Waals surface area contributed by atoms with Gasteiger partial charge in [-0.3, -0.25) is 4.90 Å². The first-order valence-electron chi connectivity index (χ1n) is 10.0. The molecule has 4 nitrogen and oxygen atoms in total. The van der Waals surface area contributed by atoms with Gasteiger partial charge in [-0.25, -0.2) is 0 Å². The van der Waals surface area contributed by atoms with Gasteiger partial charge in [0, 0.05) is 22.7 Å². The van der Waals surface area contributed by atoms with Gasteiger partial charge in [0.05, 0.1) is 12.7 Å². The predicted molar refractivity (Wildman–Crippen MR) is 128 cm³/mol. The van der Waals surface area contributed by atoms with Crippen molar-refractivity contribution >= 4 is 34.5 Å². The third-order valence-electron chi connectivity index (χ3n) is 5.59. The van der Waals surface area contributed by atoms with E-state index in [2.05, 4.69) is 35.3 Å². The minimum absolute atomic E-state index is 0.235. The van der Waals surface area contributed by atoms with E-state index in [9.17, 15) is 0 Å². The number of benzene rings is 3. The number of aryl methyl sites for hydroxylation is 1. The zero-order valence-corrected chi connectivity index (χ0v) is 18.8. The summed E-state index contributed by atoms with van der Waals surface area (Å²) in [6, 6.07) is 22.1. The smallest absolute Gasteiger partial charge is 0.209 e. The third kappa shape index (κ3) is 3.54. The molecule has 0 amide bonds. The summed E-state index contributed by atoms with van der Waals surface area (Å²) >= 11 is 11.9. The molecule has 2 aliphatic heterocycles. The van der Waals surface area contributed by atoms with Gasteiger partial charge in [0.1, 0.15) is 11.2 Å². The van der Waals surface area contributed by atoms with Crippen LogP contribution in [0.5, 0.6) is 11.5 Å². The number of thiocarbonyl (C=S) groups is 1. The number of hydrogen-bond acceptors (Lipinski definition) is 4. The molecule has 3 aromatic carbocycles. The fourth-order valence-corrected chi connectivity index (χ4v) is 4.49. The summed E-state index contributed by atoms with van der Waals surface area (Å²) in [4.78, 5) is 2.85. The van der Waals surface area contributed by atoms with Crippen LogP contribution in [0.2, 0.25) is 5.02 Å². The van der Waals surface area contributed by atoms with Crippen molar-refractivity contribution < 1.29 is 9.47 Å². The van der Waals surface area contributed by atoms with E-state index in [4.69, 9.17) is 33.3 Å². The van der Waals surface area contributed by atoms with Crippen molar-refractivity contribution in [2.45, 2.75) is 19.5 Å². The number of rotatable bonds is 3. The second-order valence-corrected chi connectivity index (χ2v) is 8.49. The fraction of sp³-hybridized carbons (Fsp3) is 0.160. The van der Waals surface area contributed by atoms with Crippen LogP contribution in [0.25, 0.3) is 0 Å². The van der Waals surface area contributed by atoms with Crippen molar-refractivity contribution in [3.8, 4) is 11.5 Å². The van der Waals surface area contributed by atoms with Gasteiger partial charge < -0.3 is 14.8 Å². The van der Waals surface area contributed by atoms with E-state index < -0.39 is 0 Å². The monoisotopic (exact) mass is 448 g/mol. The highest BCUT2D eigenvalue weighted by Crippen LogP contribution is 2.44. The molecular weight excluding hydrogens is 428 g/mol. The Balaban J connectivity index is 1.68. The third-order valence-corrected chi connectivity index (χ3v) is 6.21. The summed E-state index contributed by atoms with van der Waals surface area (Å²) in [6.07, 6.45) is 0.435. The van der Waals surface area contributed by atoms with Gasteiger partial charge in [-0.05, 0) is 48.4 Å². The molecule has 2 heterocycles. The van der Waals surface area contributed by atoms with E-state index in [0.717, 1.165) is 39.6 Å². The van der Waals surface area contributed by atoms with Crippen LogP contribution in [0.4, 0.5) is 5.69 Å². The van der Waals surface area contributed by atoms with Crippen LogP contribution in [0.15, 0.2) is 78.2 Å². The lowest BCUT2D eigenvalue weighted by atomic mass is 9.97. The van der Waals surface area contributed by atoms with Gasteiger partial charge >= 0.3 is 0 Å². The number of fused-ring (bicyclic) bond motifs is 1. The molecule has 0 radical (unpaired) electrons. The Kier molecular flexibility index (Phi) is 5.08. The topological polar surface area (TPSA) is 33.7 Å². The Labute approximate surface area is 192 Å². The normalized spacial score (nSPS) is 17.5. The molecule has 1 atom stereocenters. The average Bonchev–Trinajstić information content (AvgIpc) is 2.78. The van der Waals surface area contributed by atoms with Gasteiger partial charge in [-0.15, -0.1) is 0 Å². The van der Waals surface area contributed by atoms with E-state index in [-0.39, 0.29) is 6.17 Å². The summed E-state index contributed by atoms with van der Waals surface area (Å²) < 4.78 is 12.1. The van der Waals surface area contributed by atoms with Crippen molar-refractivity contribution in [3.63, 3.8) is 0 Å². The maximum Gasteiger partial charge on any atom is 0.209 e. The van der Waals surface area contributed by atoms with Gasteiger partial charge in [0.15, 0.2) is 11.5 Å². The summed E-state index contributed by atoms with van der Waals surface area (Å²) in [5.41, 5.74) is 5.23. The molecule has 6 heteroatoms. The standard InChI is InChI=1S/C25H21ClN2O2S/c1-15-5-3-7-19(13-15)28-23(16-9-11-18(26)12-10-16)27-24(31)20-14-17-6-4-8-21(29-2)22(17)30-25(20)28/h3-13,23H,14H2,1-2H3,(H,27,31). The van der Waals surface area contributed by atoms with Crippen LogP contribution in [-0.4, -0.2) is 12.1 Å². The lowest BCUT2D eigenvalue weighted by Crippen LogP contribution is -2.49. The molecule has 2 aliphatic rings. The number of halogens is 1. The minimum Gasteiger partial charge on any atom is -0.493 e. The lowest BCUT2D eigenvalue weighted by molar-refractivity contribution is 0.327. The van der Waals surface area contributed by atoms with Gasteiger partial charge in [-0.2, -0.15) is 0 Å². The van der Waals surface area contributed by atoms with Crippen LogP contribution in [-0.2, 0) is 6.42 Å². The molecule has 0 spiro atoms. The number of nitrogens with zero attached hydrogens (tertiary/aromatic N) is 1. The lowest BCUT2D eigenvalue weighted by Gasteiger charge is -2.43. The molecule has 0 saturated heterocycles. The molecule has 31 heavy (non-hydrogen) atoms. The molecule has 0 bridgehead atoms. The largest absolute Gasteiger partial charge is 0.493 e. The van der Waals surface area contributed by atoms with Gasteiger partial charge in [-0.1, -0.05) is 60.2 Å². The van der Waals surface area contributed by atoms with Crippen molar-refractivity contribution in [3.05, 3.63) is 99.9 Å². The molecule has 0 saturated carbocycles. The Morgan fingerprint density at radius 3 is 2.61 bits per heavy atom. The second kappa shape index (κ2) is 7.91. The number of methoxy groups -OCH3 is 1. The van der Waals surface area contributed by atoms with Crippen molar-refractivity contribution in [1.82, 2.24) is 5.32 Å². The van der Waals surface area contributed by atoms with E-state index in [1.165, 1.54) is 0 Å². The highest BCUT2D eigenvalue weighted by Gasteiger charge is 2.38. The molecule has 1 N–H and O–H groups in total. The summed E-state index contributed by atoms with van der Waals surface area (Å²) in [7, 11) is 1.66. The SMILES string of the molecule is COc1cccc2c1OC1=C(C2)C(=S)NC(c2ccc(Cl)cc2)N1c1cccc(C)c1. The van der Waals surface area contributed by atoms with E-state index in [1.54, 1.807) is 7.11 Å². The first-order chi connectivity index (χ1) is 15.0. The fourth-order valence-electron chi connectivity index (χ4n) is 4.09. The minimum atomic E-state index is -0.235. The van der Waals surface area contributed by atoms with Crippen LogP contribution in [0.1, 0.15) is 22.9 Å². The quantitative estimate of drug-likeness (QED) is 0.501. The molecule has 3 aromatic rings. The van der Waals surface area contributed by atoms with Crippen molar-refractivity contribution in [2.24, 2.45) is 0 Å². The zero-order valence-electron chi connectivity index (χ0n) is 17.2. The number of para-hydroxylation sites is 1. The van der Waals surface area contributed by atoms with Crippen LogP contribution in [0, 0.1) is 6.92 Å². The number of nitrogens with one attached hydrogen (secondary N) is 1. The molecule has 0 aliphatic carbocycles. The number of anilines is 1. The Bertz CT molecular complexity index is 1210. The zero-order chi connectivity index (χ0) is 21.5. The number of hydrogen-bond donors (Lipinski definition) is 1. The van der Waals surface area contributed by atoms with Gasteiger partial charge in [0.25, 0.3) is 0 Å². The highest BCUT2D eigenvalue weighted by molar-refractivity contribution is 7.80. The van der Waals surface area contributed by atoms with E-state index >= 15 is 0 Å². The Morgan fingerprint density at radius 1 is 1.10 bits per heavy atom. The maximum absolute atomic E-state index is 6.54. The first-order valence-corrected chi connectivity index (χ1v) is 10.8. The Hall–Kier alpha value is -3.02. The molecular formula is C25H21ClN2O2S. The van der Waals surface area contributed by atoms with Crippen molar-refractivity contribution in [2.75, 3.05) is 12.0 Å². The molecule has 0 aromatic heterocycles. The first kappa shape index (κ1) is 19.9. The maximum atomic E-state index is 6.54. The van der Waals surface area contributed by atoms with Crippen LogP contribution >= 0.6 is 23.8 Å². The average molecular weight is 449 g/mol. The highest BCUT2D eigenvalue weighted by atomic mass is 35.5.